The number of rotatable bonds is 4. The third kappa shape index (κ3) is 3.19. The Labute approximate surface area is 136 Å². The summed E-state index contributed by atoms with van der Waals surface area (Å²) >= 11 is 3.60. The van der Waals surface area contributed by atoms with E-state index < -0.39 is 0 Å². The Morgan fingerprint density at radius 2 is 2.29 bits per heavy atom. The van der Waals surface area contributed by atoms with Crippen LogP contribution in [0.15, 0.2) is 28.7 Å². The number of morpholine rings is 1. The van der Waals surface area contributed by atoms with Crippen molar-refractivity contribution in [2.75, 3.05) is 13.2 Å². The average Bonchev–Trinajstić information content (AvgIpc) is 2.96. The van der Waals surface area contributed by atoms with Gasteiger partial charge in [-0.25, -0.2) is 0 Å². The van der Waals surface area contributed by atoms with Crippen molar-refractivity contribution in [1.82, 2.24) is 4.90 Å². The number of hydrogen-bond donors (Lipinski definition) is 1. The van der Waals surface area contributed by atoms with Crippen molar-refractivity contribution in [2.45, 2.75) is 56.8 Å². The SMILES string of the molecule is CCC(N)C(c1cccc(Br)c1)N1CCOC2CCCC21. The Morgan fingerprint density at radius 1 is 1.43 bits per heavy atom. The highest BCUT2D eigenvalue weighted by atomic mass is 79.9. The van der Waals surface area contributed by atoms with Crippen molar-refractivity contribution in [2.24, 2.45) is 5.73 Å². The van der Waals surface area contributed by atoms with Gasteiger partial charge in [-0.15, -0.1) is 0 Å². The molecule has 3 rings (SSSR count). The fourth-order valence-corrected chi connectivity index (χ4v) is 4.32. The molecule has 4 heteroatoms. The van der Waals surface area contributed by atoms with Gasteiger partial charge in [0.05, 0.1) is 18.8 Å². The van der Waals surface area contributed by atoms with Crippen molar-refractivity contribution in [1.29, 1.82) is 0 Å². The standard InChI is InChI=1S/C17H25BrN2O/c1-2-14(19)17(12-5-3-6-13(18)11-12)20-9-10-21-16-8-4-7-15(16)20/h3,5-6,11,14-17H,2,4,7-10,19H2,1H3. The molecule has 1 aliphatic carbocycles. The highest BCUT2D eigenvalue weighted by Crippen LogP contribution is 2.37. The minimum absolute atomic E-state index is 0.165. The van der Waals surface area contributed by atoms with Crippen LogP contribution in [-0.4, -0.2) is 36.2 Å². The lowest BCUT2D eigenvalue weighted by Gasteiger charge is -2.44. The maximum absolute atomic E-state index is 6.52. The van der Waals surface area contributed by atoms with E-state index in [-0.39, 0.29) is 6.04 Å². The fourth-order valence-electron chi connectivity index (χ4n) is 3.90. The molecule has 1 saturated carbocycles. The molecule has 2 fully saturated rings. The highest BCUT2D eigenvalue weighted by molar-refractivity contribution is 9.10. The molecular weight excluding hydrogens is 328 g/mol. The van der Waals surface area contributed by atoms with Gasteiger partial charge in [0.2, 0.25) is 0 Å². The highest BCUT2D eigenvalue weighted by Gasteiger charge is 2.40. The van der Waals surface area contributed by atoms with Crippen LogP contribution in [-0.2, 0) is 4.74 Å². The molecule has 1 aromatic carbocycles. The second-order valence-corrected chi connectivity index (χ2v) is 7.13. The Morgan fingerprint density at radius 3 is 3.05 bits per heavy atom. The summed E-state index contributed by atoms with van der Waals surface area (Å²) in [5.41, 5.74) is 7.84. The van der Waals surface area contributed by atoms with Crippen molar-refractivity contribution in [3.05, 3.63) is 34.3 Å². The first-order valence-electron chi connectivity index (χ1n) is 8.09. The minimum Gasteiger partial charge on any atom is -0.375 e. The predicted molar refractivity (Wildman–Crippen MR) is 89.2 cm³/mol. The molecule has 0 aromatic heterocycles. The van der Waals surface area contributed by atoms with Gasteiger partial charge in [-0.1, -0.05) is 35.0 Å². The zero-order valence-electron chi connectivity index (χ0n) is 12.7. The number of ether oxygens (including phenoxy) is 1. The van der Waals surface area contributed by atoms with E-state index in [0.29, 0.717) is 18.2 Å². The summed E-state index contributed by atoms with van der Waals surface area (Å²) in [6.07, 6.45) is 5.13. The molecule has 1 saturated heterocycles. The van der Waals surface area contributed by atoms with Crippen LogP contribution in [0.2, 0.25) is 0 Å². The first kappa shape index (κ1) is 15.5. The summed E-state index contributed by atoms with van der Waals surface area (Å²) in [5.74, 6) is 0. The lowest BCUT2D eigenvalue weighted by atomic mass is 9.93. The Hall–Kier alpha value is -0.420. The summed E-state index contributed by atoms with van der Waals surface area (Å²) < 4.78 is 7.09. The van der Waals surface area contributed by atoms with Gasteiger partial charge in [0.15, 0.2) is 0 Å². The summed E-state index contributed by atoms with van der Waals surface area (Å²) in [7, 11) is 0. The summed E-state index contributed by atoms with van der Waals surface area (Å²) in [4.78, 5) is 2.62. The lowest BCUT2D eigenvalue weighted by Crippen LogP contribution is -2.53. The van der Waals surface area contributed by atoms with E-state index in [1.54, 1.807) is 0 Å². The summed E-state index contributed by atoms with van der Waals surface area (Å²) in [6, 6.07) is 9.63. The number of hydrogen-bond acceptors (Lipinski definition) is 3. The Kier molecular flexibility index (Phi) is 4.99. The van der Waals surface area contributed by atoms with E-state index in [4.69, 9.17) is 10.5 Å². The third-order valence-electron chi connectivity index (χ3n) is 4.95. The topological polar surface area (TPSA) is 38.5 Å². The van der Waals surface area contributed by atoms with Gasteiger partial charge in [0, 0.05) is 23.1 Å². The second kappa shape index (κ2) is 6.78. The molecule has 0 radical (unpaired) electrons. The summed E-state index contributed by atoms with van der Waals surface area (Å²) in [6.45, 7) is 4.01. The third-order valence-corrected chi connectivity index (χ3v) is 5.44. The summed E-state index contributed by atoms with van der Waals surface area (Å²) in [5, 5.41) is 0. The van der Waals surface area contributed by atoms with Gasteiger partial charge in [-0.3, -0.25) is 4.90 Å². The number of nitrogens with zero attached hydrogens (tertiary/aromatic N) is 1. The van der Waals surface area contributed by atoms with E-state index in [1.165, 1.54) is 24.8 Å². The molecule has 0 amide bonds. The molecule has 116 valence electrons. The van der Waals surface area contributed by atoms with Gasteiger partial charge in [0.1, 0.15) is 0 Å². The molecule has 2 aliphatic rings. The van der Waals surface area contributed by atoms with Crippen molar-refractivity contribution < 1.29 is 4.74 Å². The molecule has 1 aliphatic heterocycles. The predicted octanol–water partition coefficient (Wildman–Crippen LogP) is 3.48. The minimum atomic E-state index is 0.165. The van der Waals surface area contributed by atoms with Gasteiger partial charge < -0.3 is 10.5 Å². The maximum atomic E-state index is 6.52. The lowest BCUT2D eigenvalue weighted by molar-refractivity contribution is -0.0762. The van der Waals surface area contributed by atoms with E-state index in [1.807, 2.05) is 0 Å². The largest absolute Gasteiger partial charge is 0.375 e. The van der Waals surface area contributed by atoms with E-state index >= 15 is 0 Å². The van der Waals surface area contributed by atoms with Gasteiger partial charge >= 0.3 is 0 Å². The van der Waals surface area contributed by atoms with Gasteiger partial charge in [-0.05, 0) is 43.4 Å². The normalized spacial score (nSPS) is 29.1. The first-order valence-corrected chi connectivity index (χ1v) is 8.88. The van der Waals surface area contributed by atoms with Gasteiger partial charge in [0.25, 0.3) is 0 Å². The molecule has 1 heterocycles. The monoisotopic (exact) mass is 352 g/mol. The number of fused-ring (bicyclic) bond motifs is 1. The van der Waals surface area contributed by atoms with E-state index in [0.717, 1.165) is 24.0 Å². The smallest absolute Gasteiger partial charge is 0.0731 e. The van der Waals surface area contributed by atoms with Crippen LogP contribution in [0.3, 0.4) is 0 Å². The Balaban J connectivity index is 1.91. The van der Waals surface area contributed by atoms with Crippen LogP contribution in [0.4, 0.5) is 0 Å². The molecule has 0 spiro atoms. The quantitative estimate of drug-likeness (QED) is 0.901. The van der Waals surface area contributed by atoms with Crippen LogP contribution >= 0.6 is 15.9 Å². The fraction of sp³-hybridized carbons (Fsp3) is 0.647. The van der Waals surface area contributed by atoms with E-state index in [9.17, 15) is 0 Å². The van der Waals surface area contributed by atoms with Crippen molar-refractivity contribution in [3.63, 3.8) is 0 Å². The number of halogens is 1. The maximum Gasteiger partial charge on any atom is 0.0731 e. The molecule has 1 aromatic rings. The van der Waals surface area contributed by atoms with Crippen LogP contribution in [0.25, 0.3) is 0 Å². The first-order chi connectivity index (χ1) is 10.2. The van der Waals surface area contributed by atoms with Crippen LogP contribution < -0.4 is 5.73 Å². The zero-order chi connectivity index (χ0) is 14.8. The average molecular weight is 353 g/mol. The molecule has 4 atom stereocenters. The molecule has 3 nitrogen and oxygen atoms in total. The molecule has 4 unspecified atom stereocenters. The second-order valence-electron chi connectivity index (χ2n) is 6.22. The zero-order valence-corrected chi connectivity index (χ0v) is 14.3. The molecule has 2 N–H and O–H groups in total. The molecule has 0 bridgehead atoms. The van der Waals surface area contributed by atoms with Crippen LogP contribution in [0.1, 0.15) is 44.2 Å². The van der Waals surface area contributed by atoms with Crippen molar-refractivity contribution >= 4 is 15.9 Å². The Bertz CT molecular complexity index is 482. The van der Waals surface area contributed by atoms with Crippen LogP contribution in [0, 0.1) is 0 Å². The molecular formula is C17H25BrN2O. The number of nitrogens with two attached hydrogens (primary N) is 1. The van der Waals surface area contributed by atoms with Crippen molar-refractivity contribution in [3.8, 4) is 0 Å². The van der Waals surface area contributed by atoms with Gasteiger partial charge in [-0.2, -0.15) is 0 Å². The van der Waals surface area contributed by atoms with Crippen LogP contribution in [0.5, 0.6) is 0 Å². The number of benzene rings is 1. The molecule has 21 heavy (non-hydrogen) atoms. The van der Waals surface area contributed by atoms with E-state index in [2.05, 4.69) is 52.0 Å².